The van der Waals surface area contributed by atoms with E-state index in [4.69, 9.17) is 11.0 Å². The molecule has 0 saturated carbocycles. The molecule has 3 heteroatoms. The van der Waals surface area contributed by atoms with Crippen LogP contribution in [0.15, 0.2) is 24.3 Å². The molecule has 0 fully saturated rings. The van der Waals surface area contributed by atoms with Crippen LogP contribution < -0.4 is 5.73 Å². The molecule has 0 saturated heterocycles. The first kappa shape index (κ1) is 11.3. The fourth-order valence-corrected chi connectivity index (χ4v) is 1.30. The molecule has 0 aliphatic carbocycles. The molecule has 2 N–H and O–H groups in total. The van der Waals surface area contributed by atoms with Crippen LogP contribution in [0.1, 0.15) is 18.1 Å². The van der Waals surface area contributed by atoms with Gasteiger partial charge in [-0.25, -0.2) is 0 Å². The van der Waals surface area contributed by atoms with E-state index in [1.807, 2.05) is 37.3 Å². The van der Waals surface area contributed by atoms with Crippen LogP contribution in [0.25, 0.3) is 0 Å². The first-order chi connectivity index (χ1) is 6.98. The highest BCUT2D eigenvalue weighted by Gasteiger charge is 2.31. The van der Waals surface area contributed by atoms with Crippen LogP contribution in [-0.2, 0) is 11.2 Å². The van der Waals surface area contributed by atoms with Crippen molar-refractivity contribution in [2.24, 2.45) is 11.1 Å². The van der Waals surface area contributed by atoms with Crippen LogP contribution in [0.4, 0.5) is 0 Å². The summed E-state index contributed by atoms with van der Waals surface area (Å²) in [5, 5.41) is 8.92. The molecule has 0 radical (unpaired) electrons. The van der Waals surface area contributed by atoms with Crippen molar-refractivity contribution in [2.45, 2.75) is 20.3 Å². The minimum Gasteiger partial charge on any atom is -0.368 e. The molecule has 0 aliphatic rings. The third-order valence-electron chi connectivity index (χ3n) is 2.47. The van der Waals surface area contributed by atoms with Gasteiger partial charge in [0, 0.05) is 0 Å². The highest BCUT2D eigenvalue weighted by molar-refractivity contribution is 5.83. The molecule has 1 rings (SSSR count). The third-order valence-corrected chi connectivity index (χ3v) is 2.47. The summed E-state index contributed by atoms with van der Waals surface area (Å²) in [6, 6.07) is 9.69. The second-order valence-corrected chi connectivity index (χ2v) is 3.97. The lowest BCUT2D eigenvalue weighted by Gasteiger charge is -2.17. The average Bonchev–Trinajstić information content (AvgIpc) is 2.21. The molecular formula is C12H14N2O. The summed E-state index contributed by atoms with van der Waals surface area (Å²) in [5.74, 6) is -0.578. The molecule has 0 heterocycles. The fraction of sp³-hybridized carbons (Fsp3) is 0.333. The lowest BCUT2D eigenvalue weighted by molar-refractivity contribution is -0.124. The molecule has 3 nitrogen and oxygen atoms in total. The van der Waals surface area contributed by atoms with E-state index >= 15 is 0 Å². The highest BCUT2D eigenvalue weighted by atomic mass is 16.1. The molecule has 15 heavy (non-hydrogen) atoms. The van der Waals surface area contributed by atoms with Crippen LogP contribution >= 0.6 is 0 Å². The van der Waals surface area contributed by atoms with E-state index < -0.39 is 11.3 Å². The summed E-state index contributed by atoms with van der Waals surface area (Å²) in [5.41, 5.74) is 6.18. The first-order valence-electron chi connectivity index (χ1n) is 4.74. The van der Waals surface area contributed by atoms with Gasteiger partial charge in [0.15, 0.2) is 0 Å². The van der Waals surface area contributed by atoms with Gasteiger partial charge in [-0.3, -0.25) is 4.79 Å². The number of aryl methyl sites for hydroxylation is 1. The summed E-state index contributed by atoms with van der Waals surface area (Å²) < 4.78 is 0. The zero-order valence-corrected chi connectivity index (χ0v) is 8.95. The van der Waals surface area contributed by atoms with Crippen molar-refractivity contribution in [2.75, 3.05) is 0 Å². The molecule has 78 valence electrons. The number of hydrogen-bond acceptors (Lipinski definition) is 2. The second kappa shape index (κ2) is 4.14. The summed E-state index contributed by atoms with van der Waals surface area (Å²) in [6.07, 6.45) is 0.360. The molecule has 1 aromatic carbocycles. The lowest BCUT2D eigenvalue weighted by atomic mass is 9.84. The Hall–Kier alpha value is -1.82. The number of nitrogens with two attached hydrogens (primary N) is 1. The quantitative estimate of drug-likeness (QED) is 0.808. The molecule has 0 aromatic heterocycles. The average molecular weight is 202 g/mol. The molecule has 1 aromatic rings. The van der Waals surface area contributed by atoms with Crippen molar-refractivity contribution in [3.8, 4) is 6.07 Å². The maximum absolute atomic E-state index is 11.1. The Bertz CT molecular complexity index is 403. The maximum Gasteiger partial charge on any atom is 0.237 e. The third kappa shape index (κ3) is 2.57. The van der Waals surface area contributed by atoms with Crippen LogP contribution in [0.2, 0.25) is 0 Å². The van der Waals surface area contributed by atoms with E-state index in [1.54, 1.807) is 6.92 Å². The number of nitrogens with zero attached hydrogens (tertiary/aromatic N) is 1. The van der Waals surface area contributed by atoms with Gasteiger partial charge >= 0.3 is 0 Å². The number of primary amides is 1. The van der Waals surface area contributed by atoms with Gasteiger partial charge in [0.05, 0.1) is 6.07 Å². The van der Waals surface area contributed by atoms with E-state index in [1.165, 1.54) is 0 Å². The largest absolute Gasteiger partial charge is 0.368 e. The number of hydrogen-bond donors (Lipinski definition) is 1. The van der Waals surface area contributed by atoms with E-state index in [0.717, 1.165) is 11.1 Å². The number of benzene rings is 1. The second-order valence-electron chi connectivity index (χ2n) is 3.97. The van der Waals surface area contributed by atoms with Gasteiger partial charge in [0.2, 0.25) is 5.91 Å². The summed E-state index contributed by atoms with van der Waals surface area (Å²) in [6.45, 7) is 3.55. The van der Waals surface area contributed by atoms with Gasteiger partial charge in [-0.2, -0.15) is 5.26 Å². The number of carbonyl (C=O) groups excluding carboxylic acids is 1. The number of nitriles is 1. The molecule has 0 spiro atoms. The number of rotatable bonds is 3. The van der Waals surface area contributed by atoms with Crippen molar-refractivity contribution >= 4 is 5.91 Å². The van der Waals surface area contributed by atoms with Gasteiger partial charge in [-0.15, -0.1) is 0 Å². The Balaban J connectivity index is 2.90. The SMILES string of the molecule is Cc1ccc(C[C@@](C)(C#N)C(N)=O)cc1. The van der Waals surface area contributed by atoms with Crippen molar-refractivity contribution in [1.82, 2.24) is 0 Å². The fourth-order valence-electron chi connectivity index (χ4n) is 1.30. The summed E-state index contributed by atoms with van der Waals surface area (Å²) in [7, 11) is 0. The number of carbonyl (C=O) groups is 1. The lowest BCUT2D eigenvalue weighted by Crippen LogP contribution is -2.34. The van der Waals surface area contributed by atoms with E-state index in [2.05, 4.69) is 0 Å². The Kier molecular flexibility index (Phi) is 3.11. The Morgan fingerprint density at radius 1 is 1.47 bits per heavy atom. The van der Waals surface area contributed by atoms with Crippen molar-refractivity contribution < 1.29 is 4.79 Å². The standard InChI is InChI=1S/C12H14N2O/c1-9-3-5-10(6-4-9)7-12(2,8-13)11(14)15/h3-6H,7H2,1-2H3,(H2,14,15)/t12-/m0/s1. The number of amides is 1. The van der Waals surface area contributed by atoms with E-state index in [0.29, 0.717) is 6.42 Å². The van der Waals surface area contributed by atoms with Crippen molar-refractivity contribution in [1.29, 1.82) is 5.26 Å². The molecule has 1 amide bonds. The molecular weight excluding hydrogens is 188 g/mol. The van der Waals surface area contributed by atoms with Crippen LogP contribution in [0, 0.1) is 23.7 Å². The Labute approximate surface area is 89.5 Å². The van der Waals surface area contributed by atoms with Gasteiger partial charge in [-0.05, 0) is 25.8 Å². The smallest absolute Gasteiger partial charge is 0.237 e. The van der Waals surface area contributed by atoms with Crippen LogP contribution in [-0.4, -0.2) is 5.91 Å². The predicted octanol–water partition coefficient (Wildman–Crippen LogP) is 1.55. The van der Waals surface area contributed by atoms with E-state index in [-0.39, 0.29) is 0 Å². The topological polar surface area (TPSA) is 66.9 Å². The zero-order chi connectivity index (χ0) is 11.5. The van der Waals surface area contributed by atoms with Crippen LogP contribution in [0.3, 0.4) is 0 Å². The predicted molar refractivity (Wildman–Crippen MR) is 57.8 cm³/mol. The zero-order valence-electron chi connectivity index (χ0n) is 8.95. The highest BCUT2D eigenvalue weighted by Crippen LogP contribution is 2.21. The minimum atomic E-state index is -1.12. The molecule has 0 unspecified atom stereocenters. The van der Waals surface area contributed by atoms with Crippen molar-refractivity contribution in [3.05, 3.63) is 35.4 Å². The van der Waals surface area contributed by atoms with Gasteiger partial charge in [0.1, 0.15) is 5.41 Å². The van der Waals surface area contributed by atoms with Gasteiger partial charge < -0.3 is 5.73 Å². The summed E-state index contributed by atoms with van der Waals surface area (Å²) in [4.78, 5) is 11.1. The first-order valence-corrected chi connectivity index (χ1v) is 4.74. The van der Waals surface area contributed by atoms with Crippen molar-refractivity contribution in [3.63, 3.8) is 0 Å². The maximum atomic E-state index is 11.1. The molecule has 0 bridgehead atoms. The summed E-state index contributed by atoms with van der Waals surface area (Å²) >= 11 is 0. The minimum absolute atomic E-state index is 0.360. The van der Waals surface area contributed by atoms with E-state index in [9.17, 15) is 4.79 Å². The van der Waals surface area contributed by atoms with Gasteiger partial charge in [-0.1, -0.05) is 29.8 Å². The molecule has 1 atom stereocenters. The molecule has 0 aliphatic heterocycles. The van der Waals surface area contributed by atoms with Crippen LogP contribution in [0.5, 0.6) is 0 Å². The Morgan fingerprint density at radius 3 is 2.40 bits per heavy atom. The Morgan fingerprint density at radius 2 is 2.00 bits per heavy atom. The monoisotopic (exact) mass is 202 g/mol. The normalized spacial score (nSPS) is 13.9. The van der Waals surface area contributed by atoms with Gasteiger partial charge in [0.25, 0.3) is 0 Å².